The number of aliphatic carboxylic acids is 2. The zero-order valence-electron chi connectivity index (χ0n) is 14.5. The van der Waals surface area contributed by atoms with Gasteiger partial charge in [0, 0.05) is 11.6 Å². The van der Waals surface area contributed by atoms with E-state index in [0.29, 0.717) is 12.3 Å². The summed E-state index contributed by atoms with van der Waals surface area (Å²) in [5.41, 5.74) is 0.969. The molecule has 0 bridgehead atoms. The van der Waals surface area contributed by atoms with Gasteiger partial charge in [-0.3, -0.25) is 0 Å². The molecule has 0 saturated heterocycles. The van der Waals surface area contributed by atoms with Crippen LogP contribution >= 0.6 is 0 Å². The fraction of sp³-hybridized carbons (Fsp3) is 0.500. The molecule has 3 atom stereocenters. The van der Waals surface area contributed by atoms with Crippen LogP contribution in [-0.4, -0.2) is 22.2 Å². The van der Waals surface area contributed by atoms with E-state index < -0.39 is 11.9 Å². The quantitative estimate of drug-likeness (QED) is 0.797. The highest BCUT2D eigenvalue weighted by atomic mass is 16.4. The van der Waals surface area contributed by atoms with Crippen LogP contribution in [0.3, 0.4) is 0 Å². The fourth-order valence-corrected chi connectivity index (χ4v) is 4.13. The molecule has 0 spiro atoms. The van der Waals surface area contributed by atoms with Crippen molar-refractivity contribution >= 4 is 11.9 Å². The number of rotatable bonds is 5. The highest BCUT2D eigenvalue weighted by Gasteiger charge is 2.42. The van der Waals surface area contributed by atoms with Crippen LogP contribution < -0.4 is 0 Å². The standard InChI is InChI=1S/C20H26O4/c1-13-9-10-17(20(2,3)14-7-5-4-6-8-14)15(11-13)16(19(23)24)12-18(21)22/h4-8,12-13,15,17H,9-11H2,1-3H3,(H,21,22)(H,23,24)/b16-12-. The van der Waals surface area contributed by atoms with Gasteiger partial charge in [-0.15, -0.1) is 0 Å². The van der Waals surface area contributed by atoms with E-state index in [9.17, 15) is 14.7 Å². The predicted molar refractivity (Wildman–Crippen MR) is 92.8 cm³/mol. The minimum Gasteiger partial charge on any atom is -0.478 e. The van der Waals surface area contributed by atoms with Gasteiger partial charge < -0.3 is 10.2 Å². The summed E-state index contributed by atoms with van der Waals surface area (Å²) in [7, 11) is 0. The molecule has 3 unspecified atom stereocenters. The van der Waals surface area contributed by atoms with Crippen molar-refractivity contribution in [2.45, 2.75) is 45.4 Å². The van der Waals surface area contributed by atoms with E-state index in [4.69, 9.17) is 5.11 Å². The lowest BCUT2D eigenvalue weighted by atomic mass is 9.59. The minimum absolute atomic E-state index is 0.0306. The summed E-state index contributed by atoms with van der Waals surface area (Å²) >= 11 is 0. The van der Waals surface area contributed by atoms with Gasteiger partial charge in [-0.05, 0) is 41.6 Å². The molecular formula is C20H26O4. The molecule has 1 aromatic rings. The fourth-order valence-electron chi connectivity index (χ4n) is 4.13. The van der Waals surface area contributed by atoms with Gasteiger partial charge in [-0.2, -0.15) is 0 Å². The smallest absolute Gasteiger partial charge is 0.332 e. The Morgan fingerprint density at radius 2 is 1.75 bits per heavy atom. The monoisotopic (exact) mass is 330 g/mol. The Balaban J connectivity index is 2.45. The molecule has 0 heterocycles. The number of benzene rings is 1. The molecule has 0 radical (unpaired) electrons. The van der Waals surface area contributed by atoms with Gasteiger partial charge in [0.25, 0.3) is 0 Å². The van der Waals surface area contributed by atoms with Crippen molar-refractivity contribution in [3.8, 4) is 0 Å². The second-order valence-electron chi connectivity index (χ2n) is 7.46. The maximum absolute atomic E-state index is 11.7. The van der Waals surface area contributed by atoms with Crippen molar-refractivity contribution in [2.24, 2.45) is 17.8 Å². The van der Waals surface area contributed by atoms with E-state index in [-0.39, 0.29) is 22.8 Å². The van der Waals surface area contributed by atoms with Crippen LogP contribution in [-0.2, 0) is 15.0 Å². The molecule has 1 aliphatic rings. The zero-order valence-corrected chi connectivity index (χ0v) is 14.5. The van der Waals surface area contributed by atoms with Crippen molar-refractivity contribution in [3.63, 3.8) is 0 Å². The van der Waals surface area contributed by atoms with Crippen molar-refractivity contribution in [2.75, 3.05) is 0 Å². The second-order valence-corrected chi connectivity index (χ2v) is 7.46. The maximum Gasteiger partial charge on any atom is 0.332 e. The number of hydrogen-bond donors (Lipinski definition) is 2. The van der Waals surface area contributed by atoms with Crippen LogP contribution in [0.2, 0.25) is 0 Å². The largest absolute Gasteiger partial charge is 0.478 e. The number of hydrogen-bond acceptors (Lipinski definition) is 2. The molecule has 0 amide bonds. The van der Waals surface area contributed by atoms with Gasteiger partial charge in [0.15, 0.2) is 0 Å². The Bertz CT molecular complexity index is 630. The topological polar surface area (TPSA) is 74.6 Å². The Morgan fingerprint density at radius 3 is 2.29 bits per heavy atom. The van der Waals surface area contributed by atoms with E-state index >= 15 is 0 Å². The number of carbonyl (C=O) groups is 2. The average Bonchev–Trinajstić information content (AvgIpc) is 2.52. The van der Waals surface area contributed by atoms with Crippen LogP contribution in [0.25, 0.3) is 0 Å². The van der Waals surface area contributed by atoms with Gasteiger partial charge >= 0.3 is 11.9 Å². The molecular weight excluding hydrogens is 304 g/mol. The van der Waals surface area contributed by atoms with Gasteiger partial charge in [0.05, 0.1) is 0 Å². The normalized spacial score (nSPS) is 25.3. The van der Waals surface area contributed by atoms with Crippen LogP contribution in [0.4, 0.5) is 0 Å². The average molecular weight is 330 g/mol. The SMILES string of the molecule is CC1CCC(C(C)(C)c2ccccc2)C(/C(=C/C(=O)O)C(=O)O)C1. The Morgan fingerprint density at radius 1 is 1.12 bits per heavy atom. The molecule has 130 valence electrons. The van der Waals surface area contributed by atoms with Gasteiger partial charge in [0.2, 0.25) is 0 Å². The van der Waals surface area contributed by atoms with Gasteiger partial charge in [-0.25, -0.2) is 9.59 Å². The van der Waals surface area contributed by atoms with E-state index in [1.807, 2.05) is 18.2 Å². The Kier molecular flexibility index (Phi) is 5.47. The molecule has 1 fully saturated rings. The summed E-state index contributed by atoms with van der Waals surface area (Å²) in [6.07, 6.45) is 3.54. The highest BCUT2D eigenvalue weighted by molar-refractivity contribution is 5.95. The van der Waals surface area contributed by atoms with Crippen molar-refractivity contribution in [1.82, 2.24) is 0 Å². The first kappa shape index (κ1) is 18.2. The first-order chi connectivity index (χ1) is 11.2. The lowest BCUT2D eigenvalue weighted by molar-refractivity contribution is -0.136. The lowest BCUT2D eigenvalue weighted by Gasteiger charge is -2.45. The third kappa shape index (κ3) is 3.86. The van der Waals surface area contributed by atoms with Crippen molar-refractivity contribution in [1.29, 1.82) is 0 Å². The van der Waals surface area contributed by atoms with Gasteiger partial charge in [0.1, 0.15) is 0 Å². The molecule has 4 heteroatoms. The molecule has 4 nitrogen and oxygen atoms in total. The van der Waals surface area contributed by atoms with Crippen LogP contribution in [0, 0.1) is 17.8 Å². The molecule has 2 rings (SSSR count). The molecule has 24 heavy (non-hydrogen) atoms. The Labute approximate surface area is 143 Å². The van der Waals surface area contributed by atoms with E-state index in [0.717, 1.165) is 24.5 Å². The summed E-state index contributed by atoms with van der Waals surface area (Å²) in [5.74, 6) is -2.07. The molecule has 0 aliphatic heterocycles. The van der Waals surface area contributed by atoms with Crippen LogP contribution in [0.15, 0.2) is 42.0 Å². The molecule has 0 aromatic heterocycles. The van der Waals surface area contributed by atoms with Crippen molar-refractivity contribution < 1.29 is 19.8 Å². The molecule has 2 N–H and O–H groups in total. The summed E-state index contributed by atoms with van der Waals surface area (Å²) in [4.78, 5) is 22.8. The highest BCUT2D eigenvalue weighted by Crippen LogP contribution is 2.48. The minimum atomic E-state index is -1.19. The number of carboxylic acid groups (broad SMARTS) is 2. The number of carboxylic acids is 2. The summed E-state index contributed by atoms with van der Waals surface area (Å²) in [5, 5.41) is 18.7. The Hall–Kier alpha value is -2.10. The van der Waals surface area contributed by atoms with E-state index in [2.05, 4.69) is 32.9 Å². The zero-order chi connectivity index (χ0) is 17.9. The second kappa shape index (κ2) is 7.20. The van der Waals surface area contributed by atoms with Crippen molar-refractivity contribution in [3.05, 3.63) is 47.5 Å². The van der Waals surface area contributed by atoms with E-state index in [1.54, 1.807) is 0 Å². The molecule has 1 aromatic carbocycles. The first-order valence-electron chi connectivity index (χ1n) is 8.46. The predicted octanol–water partition coefficient (Wildman–Crippen LogP) is 4.11. The molecule has 1 saturated carbocycles. The third-order valence-corrected chi connectivity index (χ3v) is 5.48. The lowest BCUT2D eigenvalue weighted by Crippen LogP contribution is -2.40. The summed E-state index contributed by atoms with van der Waals surface area (Å²) in [6.45, 7) is 6.38. The molecule has 1 aliphatic carbocycles. The third-order valence-electron chi connectivity index (χ3n) is 5.48. The first-order valence-corrected chi connectivity index (χ1v) is 8.46. The van der Waals surface area contributed by atoms with Crippen LogP contribution in [0.5, 0.6) is 0 Å². The summed E-state index contributed by atoms with van der Waals surface area (Å²) in [6, 6.07) is 10.1. The van der Waals surface area contributed by atoms with Crippen LogP contribution in [0.1, 0.15) is 45.6 Å². The van der Waals surface area contributed by atoms with Gasteiger partial charge in [-0.1, -0.05) is 57.5 Å². The summed E-state index contributed by atoms with van der Waals surface area (Å²) < 4.78 is 0. The van der Waals surface area contributed by atoms with E-state index in [1.165, 1.54) is 0 Å². The maximum atomic E-state index is 11.7.